The van der Waals surface area contributed by atoms with Gasteiger partial charge in [0, 0.05) is 19.3 Å². The molecule has 69 heavy (non-hydrogen) atoms. The normalized spacial score (nSPS) is 11.9. The molecule has 0 aromatic carbocycles. The van der Waals surface area contributed by atoms with Crippen molar-refractivity contribution >= 4 is 17.9 Å². The Hall–Kier alpha value is -1.59. The van der Waals surface area contributed by atoms with Crippen molar-refractivity contribution in [3.63, 3.8) is 0 Å². The molecule has 0 N–H and O–H groups in total. The Morgan fingerprint density at radius 3 is 0.580 bits per heavy atom. The van der Waals surface area contributed by atoms with E-state index in [1.165, 1.54) is 270 Å². The number of carbonyl (C=O) groups excluding carboxylic acids is 3. The summed E-state index contributed by atoms with van der Waals surface area (Å²) in [5.41, 5.74) is 0. The van der Waals surface area contributed by atoms with E-state index in [0.29, 0.717) is 19.3 Å². The van der Waals surface area contributed by atoms with E-state index in [1.807, 2.05) is 0 Å². The van der Waals surface area contributed by atoms with Crippen LogP contribution in [0.25, 0.3) is 0 Å². The fourth-order valence-electron chi connectivity index (χ4n) is 9.86. The maximum Gasteiger partial charge on any atom is 0.306 e. The third-order valence-corrected chi connectivity index (χ3v) is 14.6. The van der Waals surface area contributed by atoms with Crippen LogP contribution < -0.4 is 0 Å². The minimum atomic E-state index is -0.761. The summed E-state index contributed by atoms with van der Waals surface area (Å²) in [5, 5.41) is 0. The van der Waals surface area contributed by atoms with Gasteiger partial charge in [0.25, 0.3) is 0 Å². The number of esters is 3. The largest absolute Gasteiger partial charge is 0.462 e. The Labute approximate surface area is 431 Å². The fourth-order valence-corrected chi connectivity index (χ4v) is 9.86. The summed E-state index contributed by atoms with van der Waals surface area (Å²) in [6.07, 6.45) is 67.0. The summed E-state index contributed by atoms with van der Waals surface area (Å²) in [5.74, 6) is -0.833. The van der Waals surface area contributed by atoms with Gasteiger partial charge in [0.1, 0.15) is 13.2 Å². The van der Waals surface area contributed by atoms with Crippen molar-refractivity contribution in [3.8, 4) is 0 Å². The highest BCUT2D eigenvalue weighted by atomic mass is 16.6. The summed E-state index contributed by atoms with van der Waals surface area (Å²) in [6, 6.07) is 0. The zero-order valence-corrected chi connectivity index (χ0v) is 47.1. The quantitative estimate of drug-likeness (QED) is 0.0343. The van der Waals surface area contributed by atoms with Crippen LogP contribution in [-0.2, 0) is 28.6 Å². The molecule has 0 aliphatic heterocycles. The van der Waals surface area contributed by atoms with Crippen molar-refractivity contribution in [2.75, 3.05) is 13.2 Å². The third-order valence-electron chi connectivity index (χ3n) is 14.6. The lowest BCUT2D eigenvalue weighted by Gasteiger charge is -2.18. The molecule has 0 aromatic heterocycles. The molecule has 6 nitrogen and oxygen atoms in total. The number of hydrogen-bond donors (Lipinski definition) is 0. The number of rotatable bonds is 59. The van der Waals surface area contributed by atoms with Crippen molar-refractivity contribution in [2.45, 2.75) is 374 Å². The van der Waals surface area contributed by atoms with E-state index in [1.54, 1.807) is 0 Å². The fraction of sp³-hybridized carbons (Fsp3) is 0.952. The molecule has 1 unspecified atom stereocenters. The van der Waals surface area contributed by atoms with E-state index in [-0.39, 0.29) is 31.1 Å². The van der Waals surface area contributed by atoms with E-state index in [4.69, 9.17) is 14.2 Å². The molecule has 0 aliphatic carbocycles. The topological polar surface area (TPSA) is 78.9 Å². The number of unbranched alkanes of at least 4 members (excludes halogenated alkanes) is 48. The lowest BCUT2D eigenvalue weighted by atomic mass is 10.0. The predicted molar refractivity (Wildman–Crippen MR) is 298 cm³/mol. The van der Waals surface area contributed by atoms with Crippen LogP contribution in [-0.4, -0.2) is 37.2 Å². The average Bonchev–Trinajstić information content (AvgIpc) is 3.35. The SMILES string of the molecule is CCCCCCCCCCCCCCCCCCCCCCCCCCCCCC(=O)OCC(COC(=O)CCCCCCCCCCCC)OC(=O)CCCCCCCCCCCCCCCC. The molecule has 0 heterocycles. The predicted octanol–water partition coefficient (Wildman–Crippen LogP) is 21.1. The second-order valence-corrected chi connectivity index (χ2v) is 21.7. The smallest absolute Gasteiger partial charge is 0.306 e. The third kappa shape index (κ3) is 57.2. The van der Waals surface area contributed by atoms with E-state index < -0.39 is 6.10 Å². The van der Waals surface area contributed by atoms with Gasteiger partial charge in [-0.1, -0.05) is 329 Å². The Morgan fingerprint density at radius 1 is 0.232 bits per heavy atom. The zero-order valence-electron chi connectivity index (χ0n) is 47.1. The molecule has 6 heteroatoms. The lowest BCUT2D eigenvalue weighted by molar-refractivity contribution is -0.167. The van der Waals surface area contributed by atoms with Crippen molar-refractivity contribution < 1.29 is 28.6 Å². The van der Waals surface area contributed by atoms with Gasteiger partial charge in [0.05, 0.1) is 0 Å². The molecule has 0 aliphatic rings. The van der Waals surface area contributed by atoms with Gasteiger partial charge < -0.3 is 14.2 Å². The summed E-state index contributed by atoms with van der Waals surface area (Å²) in [7, 11) is 0. The molecule has 0 spiro atoms. The first-order valence-corrected chi connectivity index (χ1v) is 31.5. The van der Waals surface area contributed by atoms with Gasteiger partial charge in [0.15, 0.2) is 6.10 Å². The molecule has 0 bridgehead atoms. The van der Waals surface area contributed by atoms with Gasteiger partial charge >= 0.3 is 17.9 Å². The molecule has 0 fully saturated rings. The molecule has 0 aromatic rings. The molecule has 0 radical (unpaired) electrons. The van der Waals surface area contributed by atoms with Gasteiger partial charge in [0.2, 0.25) is 0 Å². The minimum Gasteiger partial charge on any atom is -0.462 e. The first kappa shape index (κ1) is 67.4. The maximum atomic E-state index is 12.8. The van der Waals surface area contributed by atoms with Crippen LogP contribution in [0.3, 0.4) is 0 Å². The summed E-state index contributed by atoms with van der Waals surface area (Å²) < 4.78 is 16.9. The molecular weight excluding hydrogens is 853 g/mol. The zero-order chi connectivity index (χ0) is 50.0. The van der Waals surface area contributed by atoms with Gasteiger partial charge in [-0.15, -0.1) is 0 Å². The summed E-state index contributed by atoms with van der Waals surface area (Å²) in [6.45, 7) is 6.70. The van der Waals surface area contributed by atoms with Gasteiger partial charge in [-0.2, -0.15) is 0 Å². The highest BCUT2D eigenvalue weighted by Gasteiger charge is 2.19. The van der Waals surface area contributed by atoms with Crippen LogP contribution in [0.2, 0.25) is 0 Å². The molecule has 0 saturated heterocycles. The Kier molecular flexibility index (Phi) is 57.6. The van der Waals surface area contributed by atoms with Crippen LogP contribution >= 0.6 is 0 Å². The molecule has 0 rings (SSSR count). The summed E-state index contributed by atoms with van der Waals surface area (Å²) in [4.78, 5) is 38.1. The van der Waals surface area contributed by atoms with Gasteiger partial charge in [-0.05, 0) is 19.3 Å². The molecular formula is C63H122O6. The van der Waals surface area contributed by atoms with Crippen molar-refractivity contribution in [2.24, 2.45) is 0 Å². The van der Waals surface area contributed by atoms with E-state index >= 15 is 0 Å². The van der Waals surface area contributed by atoms with Crippen molar-refractivity contribution in [1.29, 1.82) is 0 Å². The van der Waals surface area contributed by atoms with Crippen LogP contribution in [0, 0.1) is 0 Å². The second kappa shape index (κ2) is 59.0. The number of hydrogen-bond acceptors (Lipinski definition) is 6. The Bertz CT molecular complexity index is 1030. The summed E-state index contributed by atoms with van der Waals surface area (Å²) >= 11 is 0. The molecule has 1 atom stereocenters. The van der Waals surface area contributed by atoms with Crippen LogP contribution in [0.1, 0.15) is 367 Å². The molecule has 410 valence electrons. The molecule has 0 saturated carbocycles. The van der Waals surface area contributed by atoms with Crippen molar-refractivity contribution in [1.82, 2.24) is 0 Å². The monoisotopic (exact) mass is 975 g/mol. The minimum absolute atomic E-state index is 0.0612. The van der Waals surface area contributed by atoms with Crippen LogP contribution in [0.5, 0.6) is 0 Å². The Balaban J connectivity index is 4.07. The standard InChI is InChI=1S/C63H122O6/c1-4-7-10-13-16-19-22-24-26-27-28-29-30-31-32-33-34-35-36-37-38-40-41-44-47-50-53-56-62(65)68-59-60(58-67-61(64)55-52-49-46-43-21-18-15-12-9-6-3)69-63(66)57-54-51-48-45-42-39-25-23-20-17-14-11-8-5-2/h60H,4-59H2,1-3H3. The Morgan fingerprint density at radius 2 is 0.391 bits per heavy atom. The highest BCUT2D eigenvalue weighted by molar-refractivity contribution is 5.71. The van der Waals surface area contributed by atoms with E-state index in [9.17, 15) is 14.4 Å². The van der Waals surface area contributed by atoms with Crippen LogP contribution in [0.4, 0.5) is 0 Å². The number of carbonyl (C=O) groups is 3. The van der Waals surface area contributed by atoms with Gasteiger partial charge in [-0.25, -0.2) is 0 Å². The number of ether oxygens (including phenoxy) is 3. The lowest BCUT2D eigenvalue weighted by Crippen LogP contribution is -2.30. The highest BCUT2D eigenvalue weighted by Crippen LogP contribution is 2.18. The van der Waals surface area contributed by atoms with Crippen molar-refractivity contribution in [3.05, 3.63) is 0 Å². The molecule has 0 amide bonds. The van der Waals surface area contributed by atoms with E-state index in [0.717, 1.165) is 57.8 Å². The first-order valence-electron chi connectivity index (χ1n) is 31.5. The van der Waals surface area contributed by atoms with E-state index in [2.05, 4.69) is 20.8 Å². The average molecular weight is 976 g/mol. The second-order valence-electron chi connectivity index (χ2n) is 21.7. The maximum absolute atomic E-state index is 12.8. The van der Waals surface area contributed by atoms with Crippen LogP contribution in [0.15, 0.2) is 0 Å². The first-order chi connectivity index (χ1) is 34.0. The van der Waals surface area contributed by atoms with Gasteiger partial charge in [-0.3, -0.25) is 14.4 Å².